The van der Waals surface area contributed by atoms with E-state index in [1.54, 1.807) is 12.1 Å². The van der Waals surface area contributed by atoms with Crippen molar-refractivity contribution in [3.05, 3.63) is 35.6 Å². The Balaban J connectivity index is 2.34. The summed E-state index contributed by atoms with van der Waals surface area (Å²) in [4.78, 5) is 4.51. The van der Waals surface area contributed by atoms with Crippen LogP contribution in [-0.2, 0) is 6.42 Å². The summed E-state index contributed by atoms with van der Waals surface area (Å²) < 4.78 is 13.1. The van der Waals surface area contributed by atoms with Gasteiger partial charge < -0.3 is 10.6 Å². The molecule has 0 aliphatic heterocycles. The average Bonchev–Trinajstić information content (AvgIpc) is 2.43. The van der Waals surface area contributed by atoms with Crippen LogP contribution in [0.5, 0.6) is 0 Å². The van der Waals surface area contributed by atoms with E-state index in [1.165, 1.54) is 6.07 Å². The maximum Gasteiger partial charge on any atom is 0.191 e. The Morgan fingerprint density at radius 1 is 1.35 bits per heavy atom. The lowest BCUT2D eigenvalue weighted by molar-refractivity contribution is 0.625. The number of nitrogens with one attached hydrogen (secondary N) is 2. The van der Waals surface area contributed by atoms with E-state index in [0.29, 0.717) is 0 Å². The zero-order valence-electron chi connectivity index (χ0n) is 12.3. The Kier molecular flexibility index (Phi) is 8.87. The lowest BCUT2D eigenvalue weighted by atomic mass is 10.1. The normalized spacial score (nSPS) is 11.4. The average molecular weight is 297 g/mol. The summed E-state index contributed by atoms with van der Waals surface area (Å²) in [6.45, 7) is 4.47. The van der Waals surface area contributed by atoms with Crippen LogP contribution in [0.4, 0.5) is 4.39 Å². The van der Waals surface area contributed by atoms with Crippen LogP contribution >= 0.6 is 11.8 Å². The zero-order valence-corrected chi connectivity index (χ0v) is 13.1. The number of rotatable bonds is 8. The number of guanidine groups is 1. The van der Waals surface area contributed by atoms with Crippen molar-refractivity contribution in [1.82, 2.24) is 10.6 Å². The van der Waals surface area contributed by atoms with Crippen LogP contribution in [0.1, 0.15) is 18.9 Å². The number of hydrogen-bond donors (Lipinski definition) is 2. The second-order valence-electron chi connectivity index (χ2n) is 4.41. The first-order valence-electron chi connectivity index (χ1n) is 7.01. The van der Waals surface area contributed by atoms with Crippen LogP contribution in [0.25, 0.3) is 0 Å². The molecule has 0 bridgehead atoms. The van der Waals surface area contributed by atoms with E-state index in [4.69, 9.17) is 0 Å². The summed E-state index contributed by atoms with van der Waals surface area (Å²) in [5, 5.41) is 6.49. The molecule has 1 aromatic rings. The van der Waals surface area contributed by atoms with Crippen molar-refractivity contribution in [3.63, 3.8) is 0 Å². The highest BCUT2D eigenvalue weighted by molar-refractivity contribution is 7.98. The summed E-state index contributed by atoms with van der Waals surface area (Å²) in [5.41, 5.74) is 0.996. The van der Waals surface area contributed by atoms with Crippen LogP contribution in [0.3, 0.4) is 0 Å². The lowest BCUT2D eigenvalue weighted by Gasteiger charge is -2.11. The summed E-state index contributed by atoms with van der Waals surface area (Å²) >= 11 is 1.84. The van der Waals surface area contributed by atoms with Gasteiger partial charge in [-0.1, -0.05) is 12.1 Å². The molecule has 0 amide bonds. The van der Waals surface area contributed by atoms with Crippen LogP contribution in [0.2, 0.25) is 0 Å². The van der Waals surface area contributed by atoms with Gasteiger partial charge in [0.05, 0.1) is 0 Å². The van der Waals surface area contributed by atoms with E-state index in [9.17, 15) is 4.39 Å². The minimum atomic E-state index is -0.180. The predicted molar refractivity (Wildman–Crippen MR) is 87.1 cm³/mol. The van der Waals surface area contributed by atoms with Crippen LogP contribution < -0.4 is 10.6 Å². The van der Waals surface area contributed by atoms with E-state index in [2.05, 4.69) is 21.9 Å². The monoisotopic (exact) mass is 297 g/mol. The second kappa shape index (κ2) is 10.5. The molecule has 0 unspecified atom stereocenters. The Morgan fingerprint density at radius 3 is 2.90 bits per heavy atom. The molecule has 1 rings (SSSR count). The molecule has 0 aliphatic rings. The molecule has 20 heavy (non-hydrogen) atoms. The van der Waals surface area contributed by atoms with Gasteiger partial charge in [0, 0.05) is 19.6 Å². The molecule has 0 atom stereocenters. The molecule has 0 saturated carbocycles. The van der Waals surface area contributed by atoms with Gasteiger partial charge >= 0.3 is 0 Å². The third kappa shape index (κ3) is 7.38. The van der Waals surface area contributed by atoms with Crippen molar-refractivity contribution in [2.75, 3.05) is 31.6 Å². The van der Waals surface area contributed by atoms with E-state index in [1.807, 2.05) is 24.8 Å². The third-order valence-corrected chi connectivity index (χ3v) is 3.41. The number of hydrogen-bond acceptors (Lipinski definition) is 2. The first-order chi connectivity index (χ1) is 9.76. The minimum Gasteiger partial charge on any atom is -0.357 e. The van der Waals surface area contributed by atoms with Crippen molar-refractivity contribution in [2.45, 2.75) is 19.8 Å². The first-order valence-corrected chi connectivity index (χ1v) is 8.41. The molecule has 0 radical (unpaired) electrons. The molecular weight excluding hydrogens is 273 g/mol. The van der Waals surface area contributed by atoms with Gasteiger partial charge in [-0.05, 0) is 49.5 Å². The molecule has 0 spiro atoms. The molecule has 0 aromatic heterocycles. The summed E-state index contributed by atoms with van der Waals surface area (Å²) in [5.74, 6) is 1.79. The maximum atomic E-state index is 13.1. The van der Waals surface area contributed by atoms with E-state index in [-0.39, 0.29) is 5.82 Å². The third-order valence-electron chi connectivity index (χ3n) is 2.72. The highest BCUT2D eigenvalue weighted by atomic mass is 32.2. The van der Waals surface area contributed by atoms with Crippen LogP contribution in [0.15, 0.2) is 29.3 Å². The second-order valence-corrected chi connectivity index (χ2v) is 5.40. The van der Waals surface area contributed by atoms with Crippen molar-refractivity contribution in [3.8, 4) is 0 Å². The van der Waals surface area contributed by atoms with Gasteiger partial charge in [-0.25, -0.2) is 4.39 Å². The minimum absolute atomic E-state index is 0.180. The molecule has 112 valence electrons. The number of benzene rings is 1. The van der Waals surface area contributed by atoms with Gasteiger partial charge in [0.1, 0.15) is 5.82 Å². The summed E-state index contributed by atoms with van der Waals surface area (Å²) in [6.07, 6.45) is 3.97. The predicted octanol–water partition coefficient (Wildman–Crippen LogP) is 2.68. The summed E-state index contributed by atoms with van der Waals surface area (Å²) in [7, 11) is 0. The van der Waals surface area contributed by atoms with Gasteiger partial charge in [0.15, 0.2) is 5.96 Å². The Bertz CT molecular complexity index is 410. The molecule has 0 aliphatic carbocycles. The van der Waals surface area contributed by atoms with Gasteiger partial charge in [-0.3, -0.25) is 4.99 Å². The Labute approximate surface area is 125 Å². The Morgan fingerprint density at radius 2 is 2.20 bits per heavy atom. The van der Waals surface area contributed by atoms with E-state index < -0.39 is 0 Å². The van der Waals surface area contributed by atoms with Gasteiger partial charge in [0.25, 0.3) is 0 Å². The molecule has 0 heterocycles. The van der Waals surface area contributed by atoms with Gasteiger partial charge in [0.2, 0.25) is 0 Å². The van der Waals surface area contributed by atoms with Crippen LogP contribution in [-0.4, -0.2) is 37.6 Å². The summed E-state index contributed by atoms with van der Waals surface area (Å²) in [6, 6.07) is 6.72. The fourth-order valence-corrected chi connectivity index (χ4v) is 2.18. The van der Waals surface area contributed by atoms with Crippen molar-refractivity contribution >= 4 is 17.7 Å². The lowest BCUT2D eigenvalue weighted by Crippen LogP contribution is -2.38. The highest BCUT2D eigenvalue weighted by Gasteiger charge is 1.98. The zero-order chi connectivity index (χ0) is 14.6. The van der Waals surface area contributed by atoms with E-state index >= 15 is 0 Å². The number of halogens is 1. The molecule has 0 fully saturated rings. The number of nitrogens with zero attached hydrogens (tertiary/aromatic N) is 1. The largest absolute Gasteiger partial charge is 0.357 e. The number of thioether (sulfide) groups is 1. The number of aliphatic imine (C=N–C) groups is 1. The van der Waals surface area contributed by atoms with Crippen LogP contribution in [0, 0.1) is 5.82 Å². The molecule has 5 heteroatoms. The fraction of sp³-hybridized carbons (Fsp3) is 0.533. The van der Waals surface area contributed by atoms with Gasteiger partial charge in [-0.2, -0.15) is 11.8 Å². The fourth-order valence-electron chi connectivity index (χ4n) is 1.76. The van der Waals surface area contributed by atoms with Crippen molar-refractivity contribution in [2.24, 2.45) is 4.99 Å². The molecule has 3 nitrogen and oxygen atoms in total. The molecule has 1 aromatic carbocycles. The molecular formula is C15H24FN3S. The molecule has 0 saturated heterocycles. The maximum absolute atomic E-state index is 13.1. The molecule has 2 N–H and O–H groups in total. The van der Waals surface area contributed by atoms with Crippen molar-refractivity contribution < 1.29 is 4.39 Å². The van der Waals surface area contributed by atoms with Gasteiger partial charge in [-0.15, -0.1) is 0 Å². The smallest absolute Gasteiger partial charge is 0.191 e. The SMILES string of the molecule is CCNC(=NCCCSC)NCCc1cccc(F)c1. The topological polar surface area (TPSA) is 36.4 Å². The Hall–Kier alpha value is -1.23. The standard InChI is InChI=1S/C15H24FN3S/c1-3-17-15(18-9-5-11-20-2)19-10-8-13-6-4-7-14(16)12-13/h4,6-7,12H,3,5,8-11H2,1-2H3,(H2,17,18,19). The van der Waals surface area contributed by atoms with Crippen molar-refractivity contribution in [1.29, 1.82) is 0 Å². The quantitative estimate of drug-likeness (QED) is 0.440. The highest BCUT2D eigenvalue weighted by Crippen LogP contribution is 2.03. The van der Waals surface area contributed by atoms with E-state index in [0.717, 1.165) is 49.8 Å². The first kappa shape index (κ1) is 16.8.